The summed E-state index contributed by atoms with van der Waals surface area (Å²) in [6, 6.07) is 10.1. The molecule has 0 spiro atoms. The lowest BCUT2D eigenvalue weighted by Gasteiger charge is -2.17. The van der Waals surface area contributed by atoms with Gasteiger partial charge in [-0.25, -0.2) is 9.97 Å². The summed E-state index contributed by atoms with van der Waals surface area (Å²) >= 11 is 6.01. The predicted molar refractivity (Wildman–Crippen MR) is 80.6 cm³/mol. The quantitative estimate of drug-likeness (QED) is 0.829. The number of nitrogen functional groups attached to an aromatic ring is 1. The number of rotatable bonds is 5. The predicted octanol–water partition coefficient (Wildman–Crippen LogP) is 3.03. The van der Waals surface area contributed by atoms with Gasteiger partial charge in [0.15, 0.2) is 16.8 Å². The Bertz CT molecular complexity index is 577. The Labute approximate surface area is 123 Å². The van der Waals surface area contributed by atoms with Crippen molar-refractivity contribution < 1.29 is 4.74 Å². The summed E-state index contributed by atoms with van der Waals surface area (Å²) in [4.78, 5) is 8.40. The molecule has 0 saturated heterocycles. The van der Waals surface area contributed by atoms with E-state index in [0.29, 0.717) is 17.3 Å². The molecule has 20 heavy (non-hydrogen) atoms. The van der Waals surface area contributed by atoms with Gasteiger partial charge in [-0.3, -0.25) is 0 Å². The largest absolute Gasteiger partial charge is 0.393 e. The molecule has 1 aromatic heterocycles. The van der Waals surface area contributed by atoms with E-state index in [4.69, 9.17) is 22.1 Å². The molecule has 0 bridgehead atoms. The fourth-order valence-corrected chi connectivity index (χ4v) is 2.01. The number of nitrogens with two attached hydrogens (primary N) is 1. The van der Waals surface area contributed by atoms with E-state index in [1.54, 1.807) is 7.11 Å². The molecule has 5 nitrogen and oxygen atoms in total. The number of nitrogens with one attached hydrogen (secondary N) is 1. The lowest BCUT2D eigenvalue weighted by molar-refractivity contribution is 0.178. The highest BCUT2D eigenvalue weighted by atomic mass is 35.5. The lowest BCUT2D eigenvalue weighted by Crippen LogP contribution is -2.12. The maximum Gasteiger partial charge on any atom is 0.158 e. The van der Waals surface area contributed by atoms with Crippen LogP contribution in [-0.2, 0) is 11.3 Å². The number of hydrogen-bond acceptors (Lipinski definition) is 5. The molecule has 0 amide bonds. The number of halogens is 1. The van der Waals surface area contributed by atoms with E-state index < -0.39 is 0 Å². The van der Waals surface area contributed by atoms with Gasteiger partial charge in [0.2, 0.25) is 0 Å². The Kier molecular flexibility index (Phi) is 4.76. The highest BCUT2D eigenvalue weighted by Gasteiger charge is 2.13. The molecule has 2 aromatic rings. The molecule has 0 saturated carbocycles. The molecule has 1 aromatic carbocycles. The van der Waals surface area contributed by atoms with E-state index in [1.165, 1.54) is 0 Å². The number of anilines is 2. The molecule has 3 N–H and O–H groups in total. The first-order valence-corrected chi connectivity index (χ1v) is 6.62. The first kappa shape index (κ1) is 14.6. The summed E-state index contributed by atoms with van der Waals surface area (Å²) in [5, 5.41) is 3.48. The van der Waals surface area contributed by atoms with E-state index in [0.717, 1.165) is 5.56 Å². The summed E-state index contributed by atoms with van der Waals surface area (Å²) in [5.41, 5.74) is 7.39. The average molecular weight is 293 g/mol. The molecule has 0 radical (unpaired) electrons. The first-order valence-electron chi connectivity index (χ1n) is 6.24. The second-order valence-corrected chi connectivity index (χ2v) is 4.76. The minimum Gasteiger partial charge on any atom is -0.393 e. The minimum absolute atomic E-state index is 0.0554. The molecule has 0 aliphatic rings. The van der Waals surface area contributed by atoms with Crippen molar-refractivity contribution in [2.45, 2.75) is 19.6 Å². The highest BCUT2D eigenvalue weighted by Crippen LogP contribution is 2.27. The first-order chi connectivity index (χ1) is 9.61. The van der Waals surface area contributed by atoms with E-state index in [2.05, 4.69) is 15.3 Å². The molecule has 0 fully saturated rings. The smallest absolute Gasteiger partial charge is 0.158 e. The fourth-order valence-electron chi connectivity index (χ4n) is 1.82. The maximum absolute atomic E-state index is 6.01. The highest BCUT2D eigenvalue weighted by molar-refractivity contribution is 6.32. The summed E-state index contributed by atoms with van der Waals surface area (Å²) in [5.74, 6) is 1.02. The van der Waals surface area contributed by atoms with Gasteiger partial charge in [-0.2, -0.15) is 0 Å². The van der Waals surface area contributed by atoms with Gasteiger partial charge in [0.1, 0.15) is 12.3 Å². The van der Waals surface area contributed by atoms with Crippen LogP contribution in [0.3, 0.4) is 0 Å². The van der Waals surface area contributed by atoms with Gasteiger partial charge in [0.05, 0.1) is 6.04 Å². The lowest BCUT2D eigenvalue weighted by atomic mass is 10.1. The van der Waals surface area contributed by atoms with Crippen LogP contribution in [0.2, 0.25) is 5.15 Å². The number of hydrogen-bond donors (Lipinski definition) is 2. The Balaban J connectivity index is 2.24. The van der Waals surface area contributed by atoms with Crippen LogP contribution in [0.5, 0.6) is 0 Å². The van der Waals surface area contributed by atoms with E-state index >= 15 is 0 Å². The van der Waals surface area contributed by atoms with E-state index in [9.17, 15) is 0 Å². The molecule has 6 heteroatoms. The van der Waals surface area contributed by atoms with Gasteiger partial charge >= 0.3 is 0 Å². The molecule has 2 rings (SSSR count). The third-order valence-electron chi connectivity index (χ3n) is 2.87. The van der Waals surface area contributed by atoms with Crippen LogP contribution in [0.1, 0.15) is 24.4 Å². The van der Waals surface area contributed by atoms with Crippen molar-refractivity contribution in [3.63, 3.8) is 0 Å². The van der Waals surface area contributed by atoms with Crippen LogP contribution in [0, 0.1) is 0 Å². The SMILES string of the molecule is COCc1nc(Cl)c(N)c(NC(C)c2ccccc2)n1. The molecular weight excluding hydrogens is 276 g/mol. The normalized spacial score (nSPS) is 12.2. The van der Waals surface area contributed by atoms with Crippen LogP contribution in [0.15, 0.2) is 30.3 Å². The fraction of sp³-hybridized carbons (Fsp3) is 0.286. The van der Waals surface area contributed by atoms with E-state index in [-0.39, 0.29) is 17.8 Å². The molecule has 1 unspecified atom stereocenters. The average Bonchev–Trinajstić information content (AvgIpc) is 2.45. The molecule has 0 aliphatic heterocycles. The van der Waals surface area contributed by atoms with Crippen LogP contribution >= 0.6 is 11.6 Å². The Morgan fingerprint density at radius 1 is 1.30 bits per heavy atom. The van der Waals surface area contributed by atoms with Crippen molar-refractivity contribution in [1.82, 2.24) is 9.97 Å². The Morgan fingerprint density at radius 3 is 2.65 bits per heavy atom. The molecule has 1 atom stereocenters. The second-order valence-electron chi connectivity index (χ2n) is 4.40. The standard InChI is InChI=1S/C14H17ClN4O/c1-9(10-6-4-3-5-7-10)17-14-12(16)13(15)18-11(19-14)8-20-2/h3-7,9H,8,16H2,1-2H3,(H,17,18,19). The van der Waals surface area contributed by atoms with Gasteiger partial charge in [-0.15, -0.1) is 0 Å². The number of methoxy groups -OCH3 is 1. The van der Waals surface area contributed by atoms with Gasteiger partial charge in [-0.05, 0) is 12.5 Å². The maximum atomic E-state index is 6.01. The summed E-state index contributed by atoms with van der Waals surface area (Å²) < 4.78 is 5.02. The number of aromatic nitrogens is 2. The molecule has 106 valence electrons. The zero-order chi connectivity index (χ0) is 14.5. The summed E-state index contributed by atoms with van der Waals surface area (Å²) in [6.07, 6.45) is 0. The second kappa shape index (κ2) is 6.54. The van der Waals surface area contributed by atoms with Crippen LogP contribution in [0.4, 0.5) is 11.5 Å². The number of ether oxygens (including phenoxy) is 1. The van der Waals surface area contributed by atoms with Crippen molar-refractivity contribution in [2.75, 3.05) is 18.2 Å². The molecular formula is C14H17ClN4O. The van der Waals surface area contributed by atoms with Crippen LogP contribution < -0.4 is 11.1 Å². The summed E-state index contributed by atoms with van der Waals surface area (Å²) in [7, 11) is 1.58. The zero-order valence-corrected chi connectivity index (χ0v) is 12.2. The van der Waals surface area contributed by atoms with Gasteiger partial charge in [0.25, 0.3) is 0 Å². The molecule has 0 aliphatic carbocycles. The van der Waals surface area contributed by atoms with Crippen molar-refractivity contribution in [3.05, 3.63) is 46.9 Å². The Morgan fingerprint density at radius 2 is 2.00 bits per heavy atom. The van der Waals surface area contributed by atoms with Crippen LogP contribution in [-0.4, -0.2) is 17.1 Å². The topological polar surface area (TPSA) is 73.1 Å². The third-order valence-corrected chi connectivity index (χ3v) is 3.16. The van der Waals surface area contributed by atoms with Crippen molar-refractivity contribution in [3.8, 4) is 0 Å². The van der Waals surface area contributed by atoms with Gasteiger partial charge in [0, 0.05) is 7.11 Å². The van der Waals surface area contributed by atoms with Crippen molar-refractivity contribution >= 4 is 23.1 Å². The van der Waals surface area contributed by atoms with Gasteiger partial charge < -0.3 is 15.8 Å². The molecule has 1 heterocycles. The van der Waals surface area contributed by atoms with Crippen LogP contribution in [0.25, 0.3) is 0 Å². The minimum atomic E-state index is 0.0554. The van der Waals surface area contributed by atoms with E-state index in [1.807, 2.05) is 37.3 Å². The Hall–Kier alpha value is -1.85. The van der Waals surface area contributed by atoms with Crippen molar-refractivity contribution in [1.29, 1.82) is 0 Å². The van der Waals surface area contributed by atoms with Gasteiger partial charge in [-0.1, -0.05) is 41.9 Å². The monoisotopic (exact) mass is 292 g/mol. The zero-order valence-electron chi connectivity index (χ0n) is 11.4. The summed E-state index contributed by atoms with van der Waals surface area (Å²) in [6.45, 7) is 2.31. The third kappa shape index (κ3) is 3.37. The number of benzene rings is 1. The van der Waals surface area contributed by atoms with Crippen molar-refractivity contribution in [2.24, 2.45) is 0 Å². The number of nitrogens with zero attached hydrogens (tertiary/aromatic N) is 2.